The van der Waals surface area contributed by atoms with Crippen molar-refractivity contribution in [2.45, 2.75) is 20.0 Å². The van der Waals surface area contributed by atoms with Gasteiger partial charge < -0.3 is 10.5 Å². The van der Waals surface area contributed by atoms with Gasteiger partial charge in [-0.2, -0.15) is 8.78 Å². The molecule has 100 valence electrons. The quantitative estimate of drug-likeness (QED) is 0.919. The Morgan fingerprint density at radius 1 is 1.37 bits per heavy atom. The van der Waals surface area contributed by atoms with Crippen LogP contribution in [-0.2, 0) is 6.42 Å². The molecule has 0 aliphatic heterocycles. The predicted molar refractivity (Wildman–Crippen MR) is 65.7 cm³/mol. The van der Waals surface area contributed by atoms with Crippen molar-refractivity contribution in [3.05, 3.63) is 30.4 Å². The van der Waals surface area contributed by atoms with Gasteiger partial charge in [-0.15, -0.1) is 0 Å². The molecule has 0 aliphatic carbocycles. The van der Waals surface area contributed by atoms with Crippen LogP contribution in [-0.4, -0.2) is 21.6 Å². The summed E-state index contributed by atoms with van der Waals surface area (Å²) in [4.78, 5) is 12.2. The lowest BCUT2D eigenvalue weighted by Gasteiger charge is -2.09. The highest BCUT2D eigenvalue weighted by molar-refractivity contribution is 5.63. The van der Waals surface area contributed by atoms with Crippen LogP contribution in [0.25, 0.3) is 11.3 Å². The minimum absolute atomic E-state index is 0.0891. The molecule has 0 spiro atoms. The van der Waals surface area contributed by atoms with E-state index >= 15 is 0 Å². The van der Waals surface area contributed by atoms with Crippen LogP contribution in [0.5, 0.6) is 5.75 Å². The van der Waals surface area contributed by atoms with E-state index in [1.54, 1.807) is 12.3 Å². The highest BCUT2D eigenvalue weighted by Crippen LogP contribution is 2.27. The Balaban J connectivity index is 2.39. The second-order valence-corrected chi connectivity index (χ2v) is 3.70. The number of pyridine rings is 1. The second kappa shape index (κ2) is 5.55. The zero-order chi connectivity index (χ0) is 13.8. The van der Waals surface area contributed by atoms with E-state index in [9.17, 15) is 8.78 Å². The van der Waals surface area contributed by atoms with Gasteiger partial charge in [0.2, 0.25) is 0 Å². The van der Waals surface area contributed by atoms with E-state index in [2.05, 4.69) is 19.7 Å². The number of halogens is 2. The fraction of sp³-hybridized carbons (Fsp3) is 0.250. The molecule has 2 rings (SSSR count). The van der Waals surface area contributed by atoms with Crippen molar-refractivity contribution < 1.29 is 13.5 Å². The molecule has 2 aromatic rings. The zero-order valence-electron chi connectivity index (χ0n) is 10.2. The van der Waals surface area contributed by atoms with Crippen LogP contribution in [0.1, 0.15) is 12.7 Å². The largest absolute Gasteiger partial charge is 0.431 e. The summed E-state index contributed by atoms with van der Waals surface area (Å²) in [5.74, 6) is 0.406. The normalized spacial score (nSPS) is 10.7. The third-order valence-corrected chi connectivity index (χ3v) is 2.42. The van der Waals surface area contributed by atoms with Crippen molar-refractivity contribution in [2.24, 2.45) is 0 Å². The van der Waals surface area contributed by atoms with E-state index in [-0.39, 0.29) is 11.6 Å². The number of nitrogens with two attached hydrogens (primary N) is 1. The topological polar surface area (TPSA) is 73.9 Å². The second-order valence-electron chi connectivity index (χ2n) is 3.70. The average Bonchev–Trinajstić information content (AvgIpc) is 2.41. The molecule has 0 fully saturated rings. The molecule has 2 N–H and O–H groups in total. The highest BCUT2D eigenvalue weighted by atomic mass is 19.3. The molecule has 2 aromatic heterocycles. The van der Waals surface area contributed by atoms with Crippen LogP contribution in [0.2, 0.25) is 0 Å². The molecule has 0 amide bonds. The molecular formula is C12H12F2N4O. The maximum absolute atomic E-state index is 12.2. The Kier molecular flexibility index (Phi) is 3.84. The third kappa shape index (κ3) is 3.12. The lowest BCUT2D eigenvalue weighted by Crippen LogP contribution is -2.06. The van der Waals surface area contributed by atoms with Gasteiger partial charge >= 0.3 is 6.61 Å². The molecule has 0 atom stereocenters. The van der Waals surface area contributed by atoms with Gasteiger partial charge in [0.1, 0.15) is 5.82 Å². The summed E-state index contributed by atoms with van der Waals surface area (Å²) < 4.78 is 28.7. The maximum atomic E-state index is 12.2. The van der Waals surface area contributed by atoms with Crippen LogP contribution in [0.3, 0.4) is 0 Å². The van der Waals surface area contributed by atoms with Crippen LogP contribution in [0, 0.1) is 0 Å². The van der Waals surface area contributed by atoms with Crippen molar-refractivity contribution in [1.82, 2.24) is 15.0 Å². The summed E-state index contributed by atoms with van der Waals surface area (Å²) in [5.41, 5.74) is 6.60. The first-order valence-electron chi connectivity index (χ1n) is 5.62. The first-order chi connectivity index (χ1) is 9.10. The lowest BCUT2D eigenvalue weighted by molar-refractivity contribution is -0.0494. The van der Waals surface area contributed by atoms with E-state index in [4.69, 9.17) is 5.73 Å². The van der Waals surface area contributed by atoms with Gasteiger partial charge in [0, 0.05) is 24.4 Å². The van der Waals surface area contributed by atoms with Crippen molar-refractivity contribution in [3.8, 4) is 17.0 Å². The Morgan fingerprint density at radius 2 is 2.16 bits per heavy atom. The molecule has 0 unspecified atom stereocenters. The monoisotopic (exact) mass is 266 g/mol. The number of hydrogen-bond donors (Lipinski definition) is 1. The van der Waals surface area contributed by atoms with Crippen molar-refractivity contribution in [3.63, 3.8) is 0 Å². The number of rotatable bonds is 4. The first-order valence-corrected chi connectivity index (χ1v) is 5.62. The zero-order valence-corrected chi connectivity index (χ0v) is 10.2. The summed E-state index contributed by atoms with van der Waals surface area (Å²) >= 11 is 0. The minimum Gasteiger partial charge on any atom is -0.431 e. The molecule has 0 aromatic carbocycles. The number of alkyl halides is 2. The molecule has 19 heavy (non-hydrogen) atoms. The molecule has 0 saturated carbocycles. The number of aryl methyl sites for hydroxylation is 1. The molecule has 0 saturated heterocycles. The Morgan fingerprint density at radius 3 is 2.84 bits per heavy atom. The van der Waals surface area contributed by atoms with Crippen LogP contribution in [0.4, 0.5) is 14.6 Å². The first kappa shape index (κ1) is 13.1. The number of anilines is 1. The number of hydrogen-bond acceptors (Lipinski definition) is 5. The number of ether oxygens (including phenoxy) is 1. The SMILES string of the molecule is CCc1nccc(-c2cnc(N)c(OC(F)F)c2)n1. The Labute approximate surface area is 108 Å². The number of nitrogens with zero attached hydrogens (tertiary/aromatic N) is 3. The summed E-state index contributed by atoms with van der Waals surface area (Å²) in [5, 5.41) is 0. The van der Waals surface area contributed by atoms with Crippen molar-refractivity contribution in [2.75, 3.05) is 5.73 Å². The van der Waals surface area contributed by atoms with E-state index < -0.39 is 6.61 Å². The van der Waals surface area contributed by atoms with Gasteiger partial charge in [-0.3, -0.25) is 0 Å². The minimum atomic E-state index is -2.95. The third-order valence-electron chi connectivity index (χ3n) is 2.42. The van der Waals surface area contributed by atoms with Gasteiger partial charge in [-0.25, -0.2) is 15.0 Å². The van der Waals surface area contributed by atoms with Crippen molar-refractivity contribution >= 4 is 5.82 Å². The smallest absolute Gasteiger partial charge is 0.387 e. The van der Waals surface area contributed by atoms with Crippen molar-refractivity contribution in [1.29, 1.82) is 0 Å². The van der Waals surface area contributed by atoms with Gasteiger partial charge in [0.05, 0.1) is 5.69 Å². The molecular weight excluding hydrogens is 254 g/mol. The summed E-state index contributed by atoms with van der Waals surface area (Å²) in [6, 6.07) is 3.05. The summed E-state index contributed by atoms with van der Waals surface area (Å²) in [6.07, 6.45) is 3.73. The fourth-order valence-electron chi connectivity index (χ4n) is 1.52. The van der Waals surface area contributed by atoms with Crippen LogP contribution in [0.15, 0.2) is 24.5 Å². The average molecular weight is 266 g/mol. The molecule has 2 heterocycles. The van der Waals surface area contributed by atoms with E-state index in [0.717, 1.165) is 0 Å². The fourth-order valence-corrected chi connectivity index (χ4v) is 1.52. The Hall–Kier alpha value is -2.31. The standard InChI is InChI=1S/C12H12F2N4O/c1-2-10-16-4-3-8(18-10)7-5-9(19-12(13)14)11(15)17-6-7/h3-6,12H,2H2,1H3,(H2,15,17). The van der Waals surface area contributed by atoms with Gasteiger partial charge in [-0.1, -0.05) is 6.92 Å². The van der Waals surface area contributed by atoms with Gasteiger partial charge in [-0.05, 0) is 12.1 Å². The van der Waals surface area contributed by atoms with Gasteiger partial charge in [0.25, 0.3) is 0 Å². The van der Waals surface area contributed by atoms with Crippen LogP contribution >= 0.6 is 0 Å². The highest BCUT2D eigenvalue weighted by Gasteiger charge is 2.11. The molecule has 0 bridgehead atoms. The molecule has 0 radical (unpaired) electrons. The van der Waals surface area contributed by atoms with E-state index in [1.807, 2.05) is 6.92 Å². The number of aromatic nitrogens is 3. The number of nitrogen functional groups attached to an aromatic ring is 1. The van der Waals surface area contributed by atoms with Gasteiger partial charge in [0.15, 0.2) is 11.6 Å². The van der Waals surface area contributed by atoms with E-state index in [0.29, 0.717) is 23.5 Å². The summed E-state index contributed by atoms with van der Waals surface area (Å²) in [7, 11) is 0. The summed E-state index contributed by atoms with van der Waals surface area (Å²) in [6.45, 7) is -1.03. The molecule has 0 aliphatic rings. The molecule has 5 nitrogen and oxygen atoms in total. The predicted octanol–water partition coefficient (Wildman–Crippen LogP) is 2.28. The lowest BCUT2D eigenvalue weighted by atomic mass is 10.2. The maximum Gasteiger partial charge on any atom is 0.387 e. The Bertz CT molecular complexity index is 577. The van der Waals surface area contributed by atoms with E-state index in [1.165, 1.54) is 12.3 Å². The van der Waals surface area contributed by atoms with Crippen LogP contribution < -0.4 is 10.5 Å². The molecule has 7 heteroatoms.